The summed E-state index contributed by atoms with van der Waals surface area (Å²) >= 11 is 9.23. The first kappa shape index (κ1) is 20.6. The zero-order valence-electron chi connectivity index (χ0n) is 14.8. The number of halogens is 2. The van der Waals surface area contributed by atoms with Gasteiger partial charge in [0.1, 0.15) is 12.4 Å². The molecule has 1 aliphatic heterocycles. The van der Waals surface area contributed by atoms with Gasteiger partial charge in [0, 0.05) is 22.1 Å². The number of ether oxygens (including phenoxy) is 1. The molecule has 0 spiro atoms. The topological polar surface area (TPSA) is 58.6 Å². The Morgan fingerprint density at radius 2 is 1.70 bits per heavy atom. The summed E-state index contributed by atoms with van der Waals surface area (Å²) in [4.78, 5) is 2.54. The maximum Gasteiger partial charge on any atom is 0.240 e. The van der Waals surface area contributed by atoms with E-state index >= 15 is 0 Å². The number of hydrogen-bond donors (Lipinski definition) is 1. The second-order valence-corrected chi connectivity index (χ2v) is 9.56. The molecule has 1 aliphatic rings. The average molecular weight is 474 g/mol. The predicted molar refractivity (Wildman–Crippen MR) is 111 cm³/mol. The summed E-state index contributed by atoms with van der Waals surface area (Å²) in [6.07, 6.45) is 1.57. The van der Waals surface area contributed by atoms with Crippen LogP contribution in [0.5, 0.6) is 5.75 Å². The predicted octanol–water partition coefficient (Wildman–Crippen LogP) is 3.92. The third-order valence-corrected chi connectivity index (χ3v) is 6.84. The number of rotatable bonds is 7. The van der Waals surface area contributed by atoms with E-state index in [0.717, 1.165) is 42.7 Å². The molecule has 0 saturated carbocycles. The minimum absolute atomic E-state index is 0.0469. The molecule has 1 heterocycles. The zero-order chi connectivity index (χ0) is 19.3. The molecule has 8 heteroatoms. The summed E-state index contributed by atoms with van der Waals surface area (Å²) < 4.78 is 34.5. The summed E-state index contributed by atoms with van der Waals surface area (Å²) in [5.74, 6) is 0.851. The molecule has 5 nitrogen and oxygen atoms in total. The molecule has 0 atom stereocenters. The van der Waals surface area contributed by atoms with E-state index in [0.29, 0.717) is 11.6 Å². The van der Waals surface area contributed by atoms with Gasteiger partial charge in [0.2, 0.25) is 10.0 Å². The summed E-state index contributed by atoms with van der Waals surface area (Å²) in [6.45, 7) is 3.13. The fraction of sp³-hybridized carbons (Fsp3) is 0.368. The van der Waals surface area contributed by atoms with E-state index in [1.165, 1.54) is 12.1 Å². The number of sulfonamides is 1. The maximum atomic E-state index is 12.5. The molecule has 0 aliphatic carbocycles. The summed E-state index contributed by atoms with van der Waals surface area (Å²) in [5.41, 5.74) is 0. The van der Waals surface area contributed by atoms with Crippen LogP contribution in [-0.4, -0.2) is 45.6 Å². The molecule has 0 radical (unpaired) electrons. The SMILES string of the molecule is O=S(=O)(NC1CCN(CCOc2ccc(Br)cc2)CC1)c1ccc(Cl)cc1. The van der Waals surface area contributed by atoms with Crippen LogP contribution in [0.15, 0.2) is 57.9 Å². The van der Waals surface area contributed by atoms with Crippen molar-refractivity contribution in [3.05, 3.63) is 58.0 Å². The number of hydrogen-bond acceptors (Lipinski definition) is 4. The molecule has 0 bridgehead atoms. The molecule has 3 rings (SSSR count). The van der Waals surface area contributed by atoms with Crippen molar-refractivity contribution < 1.29 is 13.2 Å². The Bertz CT molecular complexity index is 836. The number of nitrogens with zero attached hydrogens (tertiary/aromatic N) is 1. The second kappa shape index (κ2) is 9.39. The van der Waals surface area contributed by atoms with Crippen molar-refractivity contribution in [2.45, 2.75) is 23.8 Å². The summed E-state index contributed by atoms with van der Waals surface area (Å²) in [7, 11) is -3.51. The summed E-state index contributed by atoms with van der Waals surface area (Å²) in [6, 6.07) is 14.0. The Morgan fingerprint density at radius 3 is 2.33 bits per heavy atom. The van der Waals surface area contributed by atoms with Crippen molar-refractivity contribution in [2.24, 2.45) is 0 Å². The zero-order valence-corrected chi connectivity index (χ0v) is 17.9. The fourth-order valence-electron chi connectivity index (χ4n) is 3.00. The molecule has 0 unspecified atom stereocenters. The van der Waals surface area contributed by atoms with Gasteiger partial charge in [0.05, 0.1) is 4.90 Å². The first-order chi connectivity index (χ1) is 12.9. The Kier molecular flexibility index (Phi) is 7.16. The molecule has 1 fully saturated rings. The van der Waals surface area contributed by atoms with Gasteiger partial charge in [0.25, 0.3) is 0 Å². The van der Waals surface area contributed by atoms with Gasteiger partial charge in [-0.05, 0) is 74.5 Å². The average Bonchev–Trinajstić information content (AvgIpc) is 2.65. The lowest BCUT2D eigenvalue weighted by Crippen LogP contribution is -2.45. The molecule has 0 amide bonds. The van der Waals surface area contributed by atoms with Gasteiger partial charge in [-0.3, -0.25) is 4.90 Å². The van der Waals surface area contributed by atoms with Gasteiger partial charge in [-0.15, -0.1) is 0 Å². The van der Waals surface area contributed by atoms with Gasteiger partial charge in [-0.25, -0.2) is 13.1 Å². The van der Waals surface area contributed by atoms with Crippen molar-refractivity contribution in [1.82, 2.24) is 9.62 Å². The quantitative estimate of drug-likeness (QED) is 0.662. The molecule has 2 aromatic rings. The van der Waals surface area contributed by atoms with Gasteiger partial charge < -0.3 is 4.74 Å². The van der Waals surface area contributed by atoms with Crippen LogP contribution >= 0.6 is 27.5 Å². The van der Waals surface area contributed by atoms with Gasteiger partial charge in [-0.2, -0.15) is 0 Å². The minimum atomic E-state index is -3.51. The highest BCUT2D eigenvalue weighted by Crippen LogP contribution is 2.18. The Labute approximate surface area is 173 Å². The smallest absolute Gasteiger partial charge is 0.240 e. The monoisotopic (exact) mass is 472 g/mol. The normalized spacial score (nSPS) is 16.4. The molecule has 27 heavy (non-hydrogen) atoms. The van der Waals surface area contributed by atoms with Gasteiger partial charge >= 0.3 is 0 Å². The standard InChI is InChI=1S/C19H22BrClN2O3S/c20-15-1-5-18(6-2-15)26-14-13-23-11-9-17(10-12-23)22-27(24,25)19-7-3-16(21)4-8-19/h1-8,17,22H,9-14H2. The first-order valence-corrected chi connectivity index (χ1v) is 11.5. The number of benzene rings is 2. The van der Waals surface area contributed by atoms with Crippen LogP contribution in [0.4, 0.5) is 0 Å². The second-order valence-electron chi connectivity index (χ2n) is 6.49. The van der Waals surface area contributed by atoms with Crippen molar-refractivity contribution in [3.63, 3.8) is 0 Å². The van der Waals surface area contributed by atoms with E-state index in [1.54, 1.807) is 12.1 Å². The largest absolute Gasteiger partial charge is 0.492 e. The lowest BCUT2D eigenvalue weighted by molar-refractivity contribution is 0.170. The minimum Gasteiger partial charge on any atom is -0.492 e. The third kappa shape index (κ3) is 6.19. The van der Waals surface area contributed by atoms with E-state index < -0.39 is 10.0 Å². The lowest BCUT2D eigenvalue weighted by atomic mass is 10.1. The molecular formula is C19H22BrClN2O3S. The van der Waals surface area contributed by atoms with Crippen LogP contribution in [-0.2, 0) is 10.0 Å². The Balaban J connectivity index is 1.42. The third-order valence-electron chi connectivity index (χ3n) is 4.52. The van der Waals surface area contributed by atoms with Crippen LogP contribution in [0.2, 0.25) is 5.02 Å². The van der Waals surface area contributed by atoms with Gasteiger partial charge in [0.15, 0.2) is 0 Å². The van der Waals surface area contributed by atoms with Crippen LogP contribution in [0.25, 0.3) is 0 Å². The first-order valence-electron chi connectivity index (χ1n) is 8.81. The van der Waals surface area contributed by atoms with Crippen LogP contribution in [0.3, 0.4) is 0 Å². The van der Waals surface area contributed by atoms with E-state index in [-0.39, 0.29) is 10.9 Å². The van der Waals surface area contributed by atoms with E-state index in [1.807, 2.05) is 24.3 Å². The maximum absolute atomic E-state index is 12.5. The molecular weight excluding hydrogens is 452 g/mol. The van der Waals surface area contributed by atoms with Crippen molar-refractivity contribution >= 4 is 37.6 Å². The van der Waals surface area contributed by atoms with E-state index in [9.17, 15) is 8.42 Å². The van der Waals surface area contributed by atoms with E-state index in [4.69, 9.17) is 16.3 Å². The lowest BCUT2D eigenvalue weighted by Gasteiger charge is -2.32. The van der Waals surface area contributed by atoms with Crippen molar-refractivity contribution in [3.8, 4) is 5.75 Å². The van der Waals surface area contributed by atoms with Crippen LogP contribution < -0.4 is 9.46 Å². The van der Waals surface area contributed by atoms with E-state index in [2.05, 4.69) is 25.6 Å². The Hall–Kier alpha value is -1.12. The Morgan fingerprint density at radius 1 is 1.07 bits per heavy atom. The molecule has 2 aromatic carbocycles. The molecule has 146 valence electrons. The highest BCUT2D eigenvalue weighted by Gasteiger charge is 2.24. The van der Waals surface area contributed by atoms with Gasteiger partial charge in [-0.1, -0.05) is 27.5 Å². The summed E-state index contributed by atoms with van der Waals surface area (Å²) in [5, 5.41) is 0.521. The molecule has 0 aromatic heterocycles. The molecule has 1 N–H and O–H groups in total. The highest BCUT2D eigenvalue weighted by atomic mass is 79.9. The van der Waals surface area contributed by atoms with Crippen LogP contribution in [0.1, 0.15) is 12.8 Å². The number of likely N-dealkylation sites (tertiary alicyclic amines) is 1. The highest BCUT2D eigenvalue weighted by molar-refractivity contribution is 9.10. The van der Waals surface area contributed by atoms with Crippen molar-refractivity contribution in [2.75, 3.05) is 26.2 Å². The fourth-order valence-corrected chi connectivity index (χ4v) is 4.69. The molecule has 1 saturated heterocycles. The van der Waals surface area contributed by atoms with Crippen LogP contribution in [0, 0.1) is 0 Å². The number of nitrogens with one attached hydrogen (secondary N) is 1. The number of piperidine rings is 1. The van der Waals surface area contributed by atoms with Crippen molar-refractivity contribution in [1.29, 1.82) is 0 Å².